The molecule has 1 aliphatic heterocycles. The molecule has 0 saturated heterocycles. The number of aliphatic imine (C=N–C) groups is 1. The highest BCUT2D eigenvalue weighted by molar-refractivity contribution is 6.31. The first kappa shape index (κ1) is 22.4. The molecule has 152 valence electrons. The van der Waals surface area contributed by atoms with Crippen LogP contribution in [0.3, 0.4) is 0 Å². The average molecular weight is 407 g/mol. The van der Waals surface area contributed by atoms with Crippen molar-refractivity contribution < 1.29 is 14.3 Å². The summed E-state index contributed by atoms with van der Waals surface area (Å²) in [6.45, 7) is 9.54. The first-order valence-corrected chi connectivity index (χ1v) is 10.1. The van der Waals surface area contributed by atoms with Gasteiger partial charge in [0.1, 0.15) is 11.2 Å². The molecule has 1 aromatic carbocycles. The average Bonchev–Trinajstić information content (AvgIpc) is 2.61. The number of aliphatic carboxylic acids is 1. The first-order chi connectivity index (χ1) is 13.1. The lowest BCUT2D eigenvalue weighted by Crippen LogP contribution is -2.60. The number of nitrogens with zero attached hydrogens (tertiary/aromatic N) is 2. The zero-order valence-corrected chi connectivity index (χ0v) is 17.8. The van der Waals surface area contributed by atoms with E-state index in [1.165, 1.54) is 18.2 Å². The Labute approximate surface area is 171 Å². The van der Waals surface area contributed by atoms with Crippen LogP contribution in [0.2, 0.25) is 5.02 Å². The summed E-state index contributed by atoms with van der Waals surface area (Å²) >= 11 is 6.40. The van der Waals surface area contributed by atoms with Gasteiger partial charge in [0.05, 0.1) is 18.0 Å². The molecule has 28 heavy (non-hydrogen) atoms. The summed E-state index contributed by atoms with van der Waals surface area (Å²) in [5.41, 5.74) is -0.927. The first-order valence-electron chi connectivity index (χ1n) is 9.70. The van der Waals surface area contributed by atoms with Crippen LogP contribution in [0.5, 0.6) is 0 Å². The lowest BCUT2D eigenvalue weighted by molar-refractivity contribution is -0.164. The van der Waals surface area contributed by atoms with E-state index in [1.807, 2.05) is 27.7 Å². The Morgan fingerprint density at radius 3 is 2.54 bits per heavy atom. The Kier molecular flexibility index (Phi) is 6.55. The molecule has 1 N–H and O–H groups in total. The summed E-state index contributed by atoms with van der Waals surface area (Å²) in [4.78, 5) is 17.7. The lowest BCUT2D eigenvalue weighted by atomic mass is 9.48. The number of carbonyl (C=O) groups is 1. The summed E-state index contributed by atoms with van der Waals surface area (Å²) in [6, 6.07) is 5.75. The highest BCUT2D eigenvalue weighted by Gasteiger charge is 2.64. The summed E-state index contributed by atoms with van der Waals surface area (Å²) in [6.07, 6.45) is 1.93. The predicted molar refractivity (Wildman–Crippen MR) is 109 cm³/mol. The van der Waals surface area contributed by atoms with Crippen LogP contribution in [0.25, 0.3) is 0 Å². The molecule has 0 saturated carbocycles. The smallest absolute Gasteiger partial charge is 0.313 e. The van der Waals surface area contributed by atoms with Crippen molar-refractivity contribution in [3.63, 3.8) is 0 Å². The number of hydrogen-bond donors (Lipinski definition) is 1. The van der Waals surface area contributed by atoms with E-state index >= 15 is 0 Å². The van der Waals surface area contributed by atoms with E-state index in [-0.39, 0.29) is 5.02 Å². The number of hydrogen-bond acceptors (Lipinski definition) is 3. The second-order valence-electron chi connectivity index (χ2n) is 8.24. The van der Waals surface area contributed by atoms with Gasteiger partial charge in [0.2, 0.25) is 0 Å². The summed E-state index contributed by atoms with van der Waals surface area (Å²) < 4.78 is 13.7. The molecule has 4 nitrogen and oxygen atoms in total. The maximum Gasteiger partial charge on any atom is 0.313 e. The van der Waals surface area contributed by atoms with Crippen LogP contribution in [0, 0.1) is 33.9 Å². The van der Waals surface area contributed by atoms with Gasteiger partial charge in [-0.2, -0.15) is 5.26 Å². The molecule has 0 amide bonds. The van der Waals surface area contributed by atoms with Gasteiger partial charge in [-0.25, -0.2) is 4.39 Å². The Morgan fingerprint density at radius 2 is 2.07 bits per heavy atom. The molecule has 1 aromatic rings. The number of benzene rings is 1. The fourth-order valence-corrected chi connectivity index (χ4v) is 5.07. The van der Waals surface area contributed by atoms with Crippen molar-refractivity contribution >= 4 is 23.3 Å². The summed E-state index contributed by atoms with van der Waals surface area (Å²) in [5.74, 6) is -2.96. The quantitative estimate of drug-likeness (QED) is 0.643. The second-order valence-corrected chi connectivity index (χ2v) is 8.64. The Hall–Kier alpha value is -1.93. The third kappa shape index (κ3) is 3.33. The van der Waals surface area contributed by atoms with Crippen LogP contribution >= 0.6 is 11.6 Å². The van der Waals surface area contributed by atoms with Crippen molar-refractivity contribution in [2.45, 2.75) is 65.8 Å². The number of nitriles is 1. The van der Waals surface area contributed by atoms with Gasteiger partial charge in [-0.15, -0.1) is 0 Å². The normalized spacial score (nSPS) is 27.8. The van der Waals surface area contributed by atoms with Gasteiger partial charge in [0.15, 0.2) is 0 Å². The van der Waals surface area contributed by atoms with E-state index in [0.717, 1.165) is 6.42 Å². The zero-order valence-electron chi connectivity index (χ0n) is 17.1. The van der Waals surface area contributed by atoms with Crippen LogP contribution in [0.4, 0.5) is 4.39 Å². The SMILES string of the molecule is CCCC1N=C(C)C(C#N)C(c2ccc(F)cc2Cl)C1(C(=O)O)C(C)(C)CC. The van der Waals surface area contributed by atoms with Gasteiger partial charge in [-0.1, -0.05) is 51.8 Å². The van der Waals surface area contributed by atoms with Gasteiger partial charge in [0, 0.05) is 16.7 Å². The van der Waals surface area contributed by atoms with Gasteiger partial charge in [-0.3, -0.25) is 9.79 Å². The summed E-state index contributed by atoms with van der Waals surface area (Å²) in [5, 5.41) is 20.7. The van der Waals surface area contributed by atoms with E-state index in [4.69, 9.17) is 16.6 Å². The molecule has 0 aromatic heterocycles. The third-order valence-corrected chi connectivity index (χ3v) is 6.84. The molecule has 0 spiro atoms. The van der Waals surface area contributed by atoms with E-state index in [9.17, 15) is 19.6 Å². The molecule has 1 aliphatic rings. The van der Waals surface area contributed by atoms with E-state index in [0.29, 0.717) is 24.1 Å². The van der Waals surface area contributed by atoms with Crippen molar-refractivity contribution in [2.24, 2.45) is 21.7 Å². The molecule has 0 bridgehead atoms. The molecule has 0 aliphatic carbocycles. The van der Waals surface area contributed by atoms with Crippen LogP contribution in [-0.4, -0.2) is 22.8 Å². The van der Waals surface area contributed by atoms with Crippen LogP contribution in [0.1, 0.15) is 65.4 Å². The molecular formula is C22H28ClFN2O2. The Bertz CT molecular complexity index is 830. The minimum Gasteiger partial charge on any atom is -0.481 e. The Balaban J connectivity index is 2.96. The highest BCUT2D eigenvalue weighted by atomic mass is 35.5. The van der Waals surface area contributed by atoms with Crippen molar-refractivity contribution in [3.8, 4) is 6.07 Å². The number of halogens is 2. The molecule has 0 fully saturated rings. The molecular weight excluding hydrogens is 379 g/mol. The maximum atomic E-state index is 13.7. The van der Waals surface area contributed by atoms with Crippen LogP contribution in [0.15, 0.2) is 23.2 Å². The maximum absolute atomic E-state index is 13.7. The predicted octanol–water partition coefficient (Wildman–Crippen LogP) is 5.85. The molecule has 4 unspecified atom stereocenters. The number of rotatable bonds is 6. The number of carboxylic acid groups (broad SMARTS) is 1. The van der Waals surface area contributed by atoms with Crippen LogP contribution in [-0.2, 0) is 4.79 Å². The van der Waals surface area contributed by atoms with Crippen molar-refractivity contribution in [2.75, 3.05) is 0 Å². The standard InChI is InChI=1S/C22H28ClFN2O2/c1-6-8-18-22(20(27)28,21(4,5)7-2)19(16(12-25)13(3)26-18)15-10-9-14(24)11-17(15)23/h9-11,16,18-19H,6-8H2,1-5H3,(H,27,28). The largest absolute Gasteiger partial charge is 0.481 e. The molecule has 4 atom stereocenters. The minimum atomic E-state index is -1.35. The molecule has 6 heteroatoms. The zero-order chi connectivity index (χ0) is 21.3. The van der Waals surface area contributed by atoms with Gasteiger partial charge < -0.3 is 5.11 Å². The lowest BCUT2D eigenvalue weighted by Gasteiger charge is -2.55. The van der Waals surface area contributed by atoms with E-state index in [1.54, 1.807) is 6.92 Å². The topological polar surface area (TPSA) is 73.5 Å². The van der Waals surface area contributed by atoms with Crippen molar-refractivity contribution in [1.29, 1.82) is 5.26 Å². The molecule has 0 radical (unpaired) electrons. The Morgan fingerprint density at radius 1 is 1.43 bits per heavy atom. The van der Waals surface area contributed by atoms with Gasteiger partial charge in [-0.05, 0) is 42.9 Å². The highest BCUT2D eigenvalue weighted by Crippen LogP contribution is 2.60. The van der Waals surface area contributed by atoms with E-state index in [2.05, 4.69) is 6.07 Å². The van der Waals surface area contributed by atoms with Gasteiger partial charge >= 0.3 is 5.97 Å². The fourth-order valence-electron chi connectivity index (χ4n) is 4.78. The van der Waals surface area contributed by atoms with Gasteiger partial charge in [0.25, 0.3) is 0 Å². The second kappa shape index (κ2) is 8.21. The minimum absolute atomic E-state index is 0.146. The van der Waals surface area contributed by atoms with Crippen molar-refractivity contribution in [3.05, 3.63) is 34.6 Å². The molecule has 1 heterocycles. The number of carboxylic acids is 1. The fraction of sp³-hybridized carbons (Fsp3) is 0.591. The summed E-state index contributed by atoms with van der Waals surface area (Å²) in [7, 11) is 0. The molecule has 2 rings (SSSR count). The monoisotopic (exact) mass is 406 g/mol. The van der Waals surface area contributed by atoms with Crippen LogP contribution < -0.4 is 0 Å². The van der Waals surface area contributed by atoms with E-state index < -0.39 is 40.5 Å². The van der Waals surface area contributed by atoms with Crippen molar-refractivity contribution in [1.82, 2.24) is 0 Å². The third-order valence-electron chi connectivity index (χ3n) is 6.52.